The maximum atomic E-state index is 13.7. The van der Waals surface area contributed by atoms with Gasteiger partial charge >= 0.3 is 0 Å². The summed E-state index contributed by atoms with van der Waals surface area (Å²) >= 11 is 0. The second-order valence-corrected chi connectivity index (χ2v) is 8.79. The number of hydrogen-bond acceptors (Lipinski definition) is 4. The molecular formula is C29H29FN2O4. The van der Waals surface area contributed by atoms with Crippen LogP contribution in [0.25, 0.3) is 10.9 Å². The fourth-order valence-corrected chi connectivity index (χ4v) is 4.01. The molecule has 0 aliphatic heterocycles. The minimum absolute atomic E-state index is 0.139. The van der Waals surface area contributed by atoms with Crippen molar-refractivity contribution in [1.82, 2.24) is 9.88 Å². The van der Waals surface area contributed by atoms with Crippen molar-refractivity contribution in [1.29, 1.82) is 0 Å². The van der Waals surface area contributed by atoms with Crippen LogP contribution in [0.4, 0.5) is 4.39 Å². The molecule has 0 aliphatic rings. The van der Waals surface area contributed by atoms with Gasteiger partial charge in [0.05, 0.1) is 18.6 Å². The van der Waals surface area contributed by atoms with Crippen LogP contribution in [0, 0.1) is 5.82 Å². The SMILES string of the molecule is CC(C)c1cc(=O)n(Cc2cccc(F)c2)c2cc(OCC(=O)NCCOc3ccccc3)ccc12. The number of hydrogen-bond donors (Lipinski definition) is 1. The Morgan fingerprint density at radius 2 is 1.75 bits per heavy atom. The van der Waals surface area contributed by atoms with Gasteiger partial charge in [-0.1, -0.05) is 44.2 Å². The van der Waals surface area contributed by atoms with Gasteiger partial charge in [-0.15, -0.1) is 0 Å². The number of ether oxygens (including phenoxy) is 2. The fraction of sp³-hybridized carbons (Fsp3) is 0.241. The topological polar surface area (TPSA) is 69.6 Å². The molecule has 0 spiro atoms. The molecular weight excluding hydrogens is 459 g/mol. The summed E-state index contributed by atoms with van der Waals surface area (Å²) in [4.78, 5) is 25.3. The summed E-state index contributed by atoms with van der Waals surface area (Å²) in [6.07, 6.45) is 0. The van der Waals surface area contributed by atoms with E-state index in [1.54, 1.807) is 34.9 Å². The van der Waals surface area contributed by atoms with Crippen LogP contribution in [0.3, 0.4) is 0 Å². The van der Waals surface area contributed by atoms with Gasteiger partial charge in [-0.2, -0.15) is 0 Å². The lowest BCUT2D eigenvalue weighted by Crippen LogP contribution is -2.32. The van der Waals surface area contributed by atoms with E-state index in [-0.39, 0.29) is 36.4 Å². The summed E-state index contributed by atoms with van der Waals surface area (Å²) in [6, 6.07) is 22.6. The summed E-state index contributed by atoms with van der Waals surface area (Å²) in [5, 5.41) is 3.68. The molecule has 0 aliphatic carbocycles. The quantitative estimate of drug-likeness (QED) is 0.323. The van der Waals surface area contributed by atoms with E-state index in [4.69, 9.17) is 9.47 Å². The normalized spacial score (nSPS) is 11.0. The molecule has 0 atom stereocenters. The molecule has 4 aromatic rings. The maximum Gasteiger partial charge on any atom is 0.258 e. The van der Waals surface area contributed by atoms with E-state index in [9.17, 15) is 14.0 Å². The van der Waals surface area contributed by atoms with Gasteiger partial charge < -0.3 is 19.4 Å². The van der Waals surface area contributed by atoms with Crippen LogP contribution in [0.5, 0.6) is 11.5 Å². The standard InChI is InChI=1S/C29H29FN2O4/c1-20(2)26-17-29(34)32(18-21-7-6-8-22(30)15-21)27-16-24(11-12-25(26)27)36-19-28(33)31-13-14-35-23-9-4-3-5-10-23/h3-12,15-17,20H,13-14,18-19H2,1-2H3,(H,31,33). The molecule has 0 unspecified atom stereocenters. The Bertz CT molecular complexity index is 1400. The number of carbonyl (C=O) groups excluding carboxylic acids is 1. The van der Waals surface area contributed by atoms with Gasteiger partial charge in [0, 0.05) is 17.5 Å². The van der Waals surface area contributed by atoms with Crippen molar-refractivity contribution >= 4 is 16.8 Å². The molecule has 1 aromatic heterocycles. The van der Waals surface area contributed by atoms with E-state index in [0.29, 0.717) is 30.0 Å². The lowest BCUT2D eigenvalue weighted by atomic mass is 9.98. The van der Waals surface area contributed by atoms with Crippen molar-refractivity contribution in [2.75, 3.05) is 19.8 Å². The molecule has 0 saturated carbocycles. The molecule has 1 amide bonds. The highest BCUT2D eigenvalue weighted by Gasteiger charge is 2.14. The van der Waals surface area contributed by atoms with Crippen LogP contribution in [-0.4, -0.2) is 30.2 Å². The van der Waals surface area contributed by atoms with Crippen LogP contribution < -0.4 is 20.3 Å². The number of aromatic nitrogens is 1. The zero-order chi connectivity index (χ0) is 25.5. The van der Waals surface area contributed by atoms with E-state index in [2.05, 4.69) is 5.32 Å². The number of halogens is 1. The summed E-state index contributed by atoms with van der Waals surface area (Å²) in [7, 11) is 0. The largest absolute Gasteiger partial charge is 0.492 e. The molecule has 1 N–H and O–H groups in total. The first-order valence-electron chi connectivity index (χ1n) is 11.9. The number of nitrogens with zero attached hydrogens (tertiary/aromatic N) is 1. The number of para-hydroxylation sites is 1. The second-order valence-electron chi connectivity index (χ2n) is 8.79. The first-order valence-corrected chi connectivity index (χ1v) is 11.9. The van der Waals surface area contributed by atoms with E-state index in [0.717, 1.165) is 16.7 Å². The smallest absolute Gasteiger partial charge is 0.258 e. The Morgan fingerprint density at radius 3 is 2.50 bits per heavy atom. The van der Waals surface area contributed by atoms with Gasteiger partial charge in [0.2, 0.25) is 0 Å². The molecule has 7 heteroatoms. The molecule has 186 valence electrons. The Hall–Kier alpha value is -4.13. The van der Waals surface area contributed by atoms with Crippen molar-refractivity contribution in [3.63, 3.8) is 0 Å². The molecule has 1 heterocycles. The summed E-state index contributed by atoms with van der Waals surface area (Å²) in [5.74, 6) is 0.711. The van der Waals surface area contributed by atoms with Gasteiger partial charge in [0.1, 0.15) is 23.9 Å². The van der Waals surface area contributed by atoms with Gasteiger partial charge in [0.15, 0.2) is 6.61 Å². The van der Waals surface area contributed by atoms with Gasteiger partial charge in [0.25, 0.3) is 11.5 Å². The highest BCUT2D eigenvalue weighted by Crippen LogP contribution is 2.27. The number of benzene rings is 3. The van der Waals surface area contributed by atoms with E-state index < -0.39 is 0 Å². The van der Waals surface area contributed by atoms with Crippen LogP contribution in [0.15, 0.2) is 83.7 Å². The number of nitrogens with one attached hydrogen (secondary N) is 1. The maximum absolute atomic E-state index is 13.7. The zero-order valence-electron chi connectivity index (χ0n) is 20.4. The van der Waals surface area contributed by atoms with Gasteiger partial charge in [-0.25, -0.2) is 4.39 Å². The van der Waals surface area contributed by atoms with E-state index in [1.807, 2.05) is 50.2 Å². The molecule has 6 nitrogen and oxygen atoms in total. The van der Waals surface area contributed by atoms with Crippen molar-refractivity contribution in [3.8, 4) is 11.5 Å². The van der Waals surface area contributed by atoms with Gasteiger partial charge in [-0.05, 0) is 53.4 Å². The first kappa shape index (κ1) is 25.0. The highest BCUT2D eigenvalue weighted by atomic mass is 19.1. The highest BCUT2D eigenvalue weighted by molar-refractivity contribution is 5.85. The summed E-state index contributed by atoms with van der Waals surface area (Å²) in [5.41, 5.74) is 2.10. The molecule has 0 bridgehead atoms. The van der Waals surface area contributed by atoms with Crippen LogP contribution in [-0.2, 0) is 11.3 Å². The average molecular weight is 489 g/mol. The average Bonchev–Trinajstić information content (AvgIpc) is 2.87. The van der Waals surface area contributed by atoms with Crippen molar-refractivity contribution in [3.05, 3.63) is 106 Å². The first-order chi connectivity index (χ1) is 17.4. The minimum atomic E-state index is -0.354. The number of amides is 1. The number of pyridine rings is 1. The Balaban J connectivity index is 1.47. The Labute approximate surface area is 209 Å². The molecule has 0 fully saturated rings. The summed E-state index contributed by atoms with van der Waals surface area (Å²) < 4.78 is 26.6. The predicted molar refractivity (Wildman–Crippen MR) is 138 cm³/mol. The predicted octanol–water partition coefficient (Wildman–Crippen LogP) is 4.89. The fourth-order valence-electron chi connectivity index (χ4n) is 4.01. The van der Waals surface area contributed by atoms with Crippen LogP contribution in [0.1, 0.15) is 30.9 Å². The third kappa shape index (κ3) is 6.30. The minimum Gasteiger partial charge on any atom is -0.492 e. The van der Waals surface area contributed by atoms with Crippen molar-refractivity contribution in [2.24, 2.45) is 0 Å². The number of carbonyl (C=O) groups is 1. The number of fused-ring (bicyclic) bond motifs is 1. The van der Waals surface area contributed by atoms with Crippen LogP contribution >= 0.6 is 0 Å². The lowest BCUT2D eigenvalue weighted by Gasteiger charge is -2.17. The molecule has 3 aromatic carbocycles. The Morgan fingerprint density at radius 1 is 0.944 bits per heavy atom. The van der Waals surface area contributed by atoms with Crippen molar-refractivity contribution < 1.29 is 18.7 Å². The third-order valence-electron chi connectivity index (χ3n) is 5.77. The van der Waals surface area contributed by atoms with Crippen molar-refractivity contribution in [2.45, 2.75) is 26.3 Å². The molecule has 36 heavy (non-hydrogen) atoms. The molecule has 0 saturated heterocycles. The van der Waals surface area contributed by atoms with E-state index >= 15 is 0 Å². The monoisotopic (exact) mass is 488 g/mol. The van der Waals surface area contributed by atoms with Gasteiger partial charge in [-0.3, -0.25) is 9.59 Å². The van der Waals surface area contributed by atoms with Crippen LogP contribution in [0.2, 0.25) is 0 Å². The Kier molecular flexibility index (Phi) is 8.00. The summed E-state index contributed by atoms with van der Waals surface area (Å²) in [6.45, 7) is 4.80. The second kappa shape index (κ2) is 11.5. The lowest BCUT2D eigenvalue weighted by molar-refractivity contribution is -0.123. The van der Waals surface area contributed by atoms with E-state index in [1.165, 1.54) is 12.1 Å². The molecule has 0 radical (unpaired) electrons. The third-order valence-corrected chi connectivity index (χ3v) is 5.77. The molecule has 4 rings (SSSR count). The zero-order valence-corrected chi connectivity index (χ0v) is 20.4. The number of rotatable bonds is 10.